The molecule has 0 aliphatic rings. The lowest BCUT2D eigenvalue weighted by Gasteiger charge is -2.22. The molecule has 0 atom stereocenters. The Morgan fingerprint density at radius 1 is 1.17 bits per heavy atom. The van der Waals surface area contributed by atoms with E-state index in [2.05, 4.69) is 10.3 Å². The number of para-hydroxylation sites is 1. The zero-order valence-corrected chi connectivity index (χ0v) is 17.7. The van der Waals surface area contributed by atoms with E-state index in [9.17, 15) is 13.2 Å². The van der Waals surface area contributed by atoms with Crippen LogP contribution < -0.4 is 14.4 Å². The van der Waals surface area contributed by atoms with Crippen LogP contribution in [0.4, 0.5) is 5.69 Å². The summed E-state index contributed by atoms with van der Waals surface area (Å²) in [6, 6.07) is 14.2. The molecule has 3 aromatic rings. The number of rotatable bonds is 9. The molecular formula is C21H24N4O4S. The number of carbonyl (C=O) groups excluding carboxylic acids is 1. The maximum Gasteiger partial charge on any atom is 0.241 e. The highest BCUT2D eigenvalue weighted by molar-refractivity contribution is 7.92. The van der Waals surface area contributed by atoms with Crippen LogP contribution in [-0.2, 0) is 21.4 Å². The van der Waals surface area contributed by atoms with Crippen LogP contribution in [0.25, 0.3) is 5.69 Å². The summed E-state index contributed by atoms with van der Waals surface area (Å²) in [5.41, 5.74) is 2.17. The second-order valence-corrected chi connectivity index (χ2v) is 8.48. The number of sulfonamides is 1. The van der Waals surface area contributed by atoms with Crippen molar-refractivity contribution in [3.63, 3.8) is 0 Å². The van der Waals surface area contributed by atoms with E-state index in [4.69, 9.17) is 4.74 Å². The van der Waals surface area contributed by atoms with Gasteiger partial charge in [-0.25, -0.2) is 13.4 Å². The fourth-order valence-electron chi connectivity index (χ4n) is 2.97. The predicted molar refractivity (Wildman–Crippen MR) is 115 cm³/mol. The van der Waals surface area contributed by atoms with E-state index in [0.29, 0.717) is 18.0 Å². The number of hydrogen-bond donors (Lipinski definition) is 1. The first-order valence-corrected chi connectivity index (χ1v) is 11.3. The molecule has 0 saturated carbocycles. The van der Waals surface area contributed by atoms with Crippen molar-refractivity contribution in [3.8, 4) is 11.4 Å². The number of nitrogens with one attached hydrogen (secondary N) is 1. The number of hydrogen-bond acceptors (Lipinski definition) is 5. The highest BCUT2D eigenvalue weighted by Gasteiger charge is 2.21. The molecule has 0 saturated heterocycles. The normalized spacial score (nSPS) is 11.1. The third-order valence-electron chi connectivity index (χ3n) is 4.37. The molecule has 0 aliphatic carbocycles. The van der Waals surface area contributed by atoms with Gasteiger partial charge in [0.05, 0.1) is 30.6 Å². The Bertz CT molecular complexity index is 1080. The predicted octanol–water partition coefficient (Wildman–Crippen LogP) is 2.35. The number of aromatic nitrogens is 2. The molecule has 1 amide bonds. The monoisotopic (exact) mass is 428 g/mol. The summed E-state index contributed by atoms with van der Waals surface area (Å²) >= 11 is 0. The van der Waals surface area contributed by atoms with E-state index in [-0.39, 0.29) is 13.1 Å². The Hall–Kier alpha value is -3.33. The molecule has 158 valence electrons. The first-order valence-electron chi connectivity index (χ1n) is 9.42. The van der Waals surface area contributed by atoms with E-state index in [1.807, 2.05) is 42.0 Å². The Labute approximate surface area is 176 Å². The Morgan fingerprint density at radius 3 is 2.53 bits per heavy atom. The lowest BCUT2D eigenvalue weighted by atomic mass is 10.1. The third kappa shape index (κ3) is 5.38. The summed E-state index contributed by atoms with van der Waals surface area (Å²) in [7, 11) is -3.65. The molecule has 0 unspecified atom stereocenters. The number of carbonyl (C=O) groups is 1. The number of ether oxygens (including phenoxy) is 1. The van der Waals surface area contributed by atoms with Crippen molar-refractivity contribution in [2.45, 2.75) is 13.5 Å². The summed E-state index contributed by atoms with van der Waals surface area (Å²) in [6.45, 7) is 2.32. The van der Waals surface area contributed by atoms with Crippen molar-refractivity contribution in [1.29, 1.82) is 0 Å². The second-order valence-electron chi connectivity index (χ2n) is 6.57. The van der Waals surface area contributed by atoms with Gasteiger partial charge in [-0.05, 0) is 42.8 Å². The Morgan fingerprint density at radius 2 is 1.90 bits per heavy atom. The molecule has 0 radical (unpaired) electrons. The van der Waals surface area contributed by atoms with Gasteiger partial charge in [-0.15, -0.1) is 0 Å². The van der Waals surface area contributed by atoms with E-state index in [1.54, 1.807) is 36.8 Å². The van der Waals surface area contributed by atoms with Crippen LogP contribution in [0, 0.1) is 0 Å². The van der Waals surface area contributed by atoms with Crippen LogP contribution in [0.2, 0.25) is 0 Å². The molecule has 0 aliphatic heterocycles. The summed E-state index contributed by atoms with van der Waals surface area (Å²) in [5.74, 6) is 0.227. The number of nitrogens with zero attached hydrogens (tertiary/aromatic N) is 3. The first kappa shape index (κ1) is 21.4. The van der Waals surface area contributed by atoms with Gasteiger partial charge in [-0.3, -0.25) is 9.10 Å². The van der Waals surface area contributed by atoms with Crippen molar-refractivity contribution in [3.05, 3.63) is 72.8 Å². The van der Waals surface area contributed by atoms with Crippen LogP contribution in [0.15, 0.2) is 67.3 Å². The fraction of sp³-hybridized carbons (Fsp3) is 0.238. The van der Waals surface area contributed by atoms with Crippen molar-refractivity contribution in [2.75, 3.05) is 23.7 Å². The maximum atomic E-state index is 12.6. The van der Waals surface area contributed by atoms with Crippen LogP contribution in [0.1, 0.15) is 12.5 Å². The minimum atomic E-state index is -3.65. The number of imidazole rings is 1. The van der Waals surface area contributed by atoms with E-state index in [1.165, 1.54) is 0 Å². The molecule has 1 aromatic heterocycles. The van der Waals surface area contributed by atoms with Gasteiger partial charge in [-0.1, -0.05) is 18.2 Å². The Balaban J connectivity index is 1.70. The lowest BCUT2D eigenvalue weighted by Crippen LogP contribution is -2.40. The van der Waals surface area contributed by atoms with Crippen molar-refractivity contribution >= 4 is 21.6 Å². The van der Waals surface area contributed by atoms with Gasteiger partial charge >= 0.3 is 0 Å². The molecule has 1 heterocycles. The van der Waals surface area contributed by atoms with Crippen LogP contribution in [0.5, 0.6) is 5.75 Å². The van der Waals surface area contributed by atoms with Gasteiger partial charge in [-0.2, -0.15) is 0 Å². The van der Waals surface area contributed by atoms with Crippen molar-refractivity contribution in [1.82, 2.24) is 14.9 Å². The standard InChI is InChI=1S/C21H24N4O4S/c1-3-29-19-10-8-18(9-11-19)25(30(2,27)28)15-21(26)23-14-17-6-4-5-7-20(17)24-13-12-22-16-24/h4-13,16H,3,14-15H2,1-2H3,(H,23,26). The Kier molecular flexibility index (Phi) is 6.73. The van der Waals surface area contributed by atoms with E-state index >= 15 is 0 Å². The smallest absolute Gasteiger partial charge is 0.241 e. The molecule has 2 aromatic carbocycles. The van der Waals surface area contributed by atoms with Crippen LogP contribution in [-0.4, -0.2) is 43.3 Å². The summed E-state index contributed by atoms with van der Waals surface area (Å²) in [5, 5.41) is 2.80. The summed E-state index contributed by atoms with van der Waals surface area (Å²) in [4.78, 5) is 16.6. The van der Waals surface area contributed by atoms with Crippen LogP contribution in [0.3, 0.4) is 0 Å². The summed E-state index contributed by atoms with van der Waals surface area (Å²) < 4.78 is 32.8. The molecule has 0 spiro atoms. The SMILES string of the molecule is CCOc1ccc(N(CC(=O)NCc2ccccc2-n2ccnc2)S(C)(=O)=O)cc1. The number of amides is 1. The first-order chi connectivity index (χ1) is 14.4. The molecule has 0 fully saturated rings. The minimum absolute atomic E-state index is 0.258. The topological polar surface area (TPSA) is 93.5 Å². The molecule has 3 rings (SSSR count). The summed E-state index contributed by atoms with van der Waals surface area (Å²) in [6.07, 6.45) is 6.25. The molecule has 30 heavy (non-hydrogen) atoms. The highest BCUT2D eigenvalue weighted by Crippen LogP contribution is 2.21. The lowest BCUT2D eigenvalue weighted by molar-refractivity contribution is -0.119. The molecule has 1 N–H and O–H groups in total. The van der Waals surface area contributed by atoms with Gasteiger partial charge in [0, 0.05) is 18.9 Å². The maximum absolute atomic E-state index is 12.6. The second kappa shape index (κ2) is 9.45. The van der Waals surface area contributed by atoms with Gasteiger partial charge < -0.3 is 14.6 Å². The van der Waals surface area contributed by atoms with Gasteiger partial charge in [0.15, 0.2) is 0 Å². The largest absolute Gasteiger partial charge is 0.494 e. The number of anilines is 1. The van der Waals surface area contributed by atoms with Gasteiger partial charge in [0.2, 0.25) is 15.9 Å². The number of benzene rings is 2. The average Bonchev–Trinajstić information content (AvgIpc) is 3.25. The van der Waals surface area contributed by atoms with Crippen LogP contribution >= 0.6 is 0 Å². The third-order valence-corrected chi connectivity index (χ3v) is 5.51. The molecule has 0 bridgehead atoms. The minimum Gasteiger partial charge on any atom is -0.494 e. The fourth-order valence-corrected chi connectivity index (χ4v) is 3.83. The van der Waals surface area contributed by atoms with Gasteiger partial charge in [0.1, 0.15) is 12.3 Å². The zero-order valence-electron chi connectivity index (χ0n) is 16.9. The molecular weight excluding hydrogens is 404 g/mol. The van der Waals surface area contributed by atoms with Crippen molar-refractivity contribution in [2.24, 2.45) is 0 Å². The van der Waals surface area contributed by atoms with E-state index < -0.39 is 15.9 Å². The molecule has 8 nitrogen and oxygen atoms in total. The van der Waals surface area contributed by atoms with Crippen molar-refractivity contribution < 1.29 is 17.9 Å². The van der Waals surface area contributed by atoms with Gasteiger partial charge in [0.25, 0.3) is 0 Å². The average molecular weight is 429 g/mol. The quantitative estimate of drug-likeness (QED) is 0.565. The molecule has 9 heteroatoms. The van der Waals surface area contributed by atoms with E-state index in [0.717, 1.165) is 21.8 Å². The zero-order chi connectivity index (χ0) is 21.6. The highest BCUT2D eigenvalue weighted by atomic mass is 32.2.